The van der Waals surface area contributed by atoms with Gasteiger partial charge in [0.2, 0.25) is 0 Å². The molecule has 0 atom stereocenters. The Balaban J connectivity index is 3.02. The molecule has 0 saturated carbocycles. The molecular weight excluding hydrogens is 152 g/mol. The van der Waals surface area contributed by atoms with E-state index in [-0.39, 0.29) is 0 Å². The van der Waals surface area contributed by atoms with Crippen LogP contribution in [0.3, 0.4) is 0 Å². The molecule has 0 aliphatic carbocycles. The maximum absolute atomic E-state index is 2.14. The predicted molar refractivity (Wildman–Crippen MR) is 52.9 cm³/mol. The van der Waals surface area contributed by atoms with Crippen LogP contribution < -0.4 is 0 Å². The molecule has 0 radical (unpaired) electrons. The van der Waals surface area contributed by atoms with E-state index in [2.05, 4.69) is 42.7 Å². The van der Waals surface area contributed by atoms with E-state index in [9.17, 15) is 0 Å². The number of benzene rings is 1. The van der Waals surface area contributed by atoms with Crippen molar-refractivity contribution >= 4 is 17.8 Å². The standard InChI is InChI=1S/C10H12S/c1-3-6-9-7-4-5-8-10(9)11-2/h3-8H,1-2H3/b6-3+. The smallest absolute Gasteiger partial charge is 0.0141 e. The SMILES string of the molecule is C/C=C/c1ccccc1SC. The summed E-state index contributed by atoms with van der Waals surface area (Å²) in [4.78, 5) is 1.34. The minimum Gasteiger partial charge on any atom is -0.129 e. The molecule has 0 fully saturated rings. The van der Waals surface area contributed by atoms with Crippen molar-refractivity contribution in [3.8, 4) is 0 Å². The van der Waals surface area contributed by atoms with Gasteiger partial charge in [0.1, 0.15) is 0 Å². The maximum Gasteiger partial charge on any atom is 0.0141 e. The van der Waals surface area contributed by atoms with Crippen molar-refractivity contribution in [3.05, 3.63) is 35.9 Å². The molecule has 0 aliphatic heterocycles. The van der Waals surface area contributed by atoms with Gasteiger partial charge in [-0.15, -0.1) is 11.8 Å². The lowest BCUT2D eigenvalue weighted by atomic mass is 10.2. The van der Waals surface area contributed by atoms with Crippen molar-refractivity contribution in [2.24, 2.45) is 0 Å². The molecule has 58 valence electrons. The third-order valence-electron chi connectivity index (χ3n) is 1.49. The van der Waals surface area contributed by atoms with Gasteiger partial charge in [-0.05, 0) is 24.8 Å². The Hall–Kier alpha value is -0.690. The highest BCUT2D eigenvalue weighted by Gasteiger charge is 1.93. The monoisotopic (exact) mass is 164 g/mol. The summed E-state index contributed by atoms with van der Waals surface area (Å²) in [6.45, 7) is 2.04. The molecule has 0 aliphatic rings. The second-order valence-corrected chi connectivity index (χ2v) is 3.09. The van der Waals surface area contributed by atoms with E-state index >= 15 is 0 Å². The second kappa shape index (κ2) is 4.24. The first-order chi connectivity index (χ1) is 5.38. The molecule has 0 spiro atoms. The van der Waals surface area contributed by atoms with Crippen LogP contribution in [0.5, 0.6) is 0 Å². The molecule has 0 unspecified atom stereocenters. The average molecular weight is 164 g/mol. The van der Waals surface area contributed by atoms with Crippen molar-refractivity contribution in [3.63, 3.8) is 0 Å². The normalized spacial score (nSPS) is 10.7. The Morgan fingerprint density at radius 3 is 2.64 bits per heavy atom. The first kappa shape index (κ1) is 8.41. The minimum absolute atomic E-state index is 1.31. The average Bonchev–Trinajstić information content (AvgIpc) is 2.06. The highest BCUT2D eigenvalue weighted by Crippen LogP contribution is 2.20. The quantitative estimate of drug-likeness (QED) is 0.603. The predicted octanol–water partition coefficient (Wildman–Crippen LogP) is 3.44. The lowest BCUT2D eigenvalue weighted by Gasteiger charge is -1.99. The Morgan fingerprint density at radius 2 is 2.00 bits per heavy atom. The van der Waals surface area contributed by atoms with Gasteiger partial charge in [0.05, 0.1) is 0 Å². The maximum atomic E-state index is 2.14. The molecule has 0 nitrogen and oxygen atoms in total. The molecule has 0 saturated heterocycles. The number of rotatable bonds is 2. The van der Waals surface area contributed by atoms with Crippen LogP contribution in [0.2, 0.25) is 0 Å². The van der Waals surface area contributed by atoms with Gasteiger partial charge in [-0.25, -0.2) is 0 Å². The zero-order valence-corrected chi connectivity index (χ0v) is 7.69. The van der Waals surface area contributed by atoms with E-state index in [1.165, 1.54) is 10.5 Å². The van der Waals surface area contributed by atoms with Crippen LogP contribution in [0.1, 0.15) is 12.5 Å². The Bertz CT molecular complexity index is 251. The van der Waals surface area contributed by atoms with E-state index in [0.717, 1.165) is 0 Å². The molecule has 0 bridgehead atoms. The molecule has 11 heavy (non-hydrogen) atoms. The summed E-state index contributed by atoms with van der Waals surface area (Å²) < 4.78 is 0. The molecule has 0 amide bonds. The van der Waals surface area contributed by atoms with E-state index in [0.29, 0.717) is 0 Å². The molecule has 0 aromatic heterocycles. The van der Waals surface area contributed by atoms with Gasteiger partial charge in [0, 0.05) is 4.90 Å². The molecule has 1 aromatic rings. The summed E-state index contributed by atoms with van der Waals surface area (Å²) in [5.74, 6) is 0. The highest BCUT2D eigenvalue weighted by atomic mass is 32.2. The zero-order chi connectivity index (χ0) is 8.10. The largest absolute Gasteiger partial charge is 0.129 e. The van der Waals surface area contributed by atoms with Gasteiger partial charge in [0.25, 0.3) is 0 Å². The second-order valence-electron chi connectivity index (χ2n) is 2.24. The van der Waals surface area contributed by atoms with Crippen LogP contribution in [-0.4, -0.2) is 6.26 Å². The van der Waals surface area contributed by atoms with Crippen LogP contribution >= 0.6 is 11.8 Å². The van der Waals surface area contributed by atoms with Crippen LogP contribution in [0, 0.1) is 0 Å². The van der Waals surface area contributed by atoms with Crippen LogP contribution in [-0.2, 0) is 0 Å². The van der Waals surface area contributed by atoms with Crippen molar-refractivity contribution in [2.45, 2.75) is 11.8 Å². The van der Waals surface area contributed by atoms with Crippen molar-refractivity contribution < 1.29 is 0 Å². The summed E-state index contributed by atoms with van der Waals surface area (Å²) in [6, 6.07) is 8.40. The van der Waals surface area contributed by atoms with E-state index in [1.54, 1.807) is 11.8 Å². The third kappa shape index (κ3) is 2.12. The number of allylic oxidation sites excluding steroid dienone is 1. The molecule has 1 heteroatoms. The van der Waals surface area contributed by atoms with Crippen LogP contribution in [0.15, 0.2) is 35.2 Å². The first-order valence-electron chi connectivity index (χ1n) is 3.64. The molecule has 0 heterocycles. The Kier molecular flexibility index (Phi) is 3.24. The van der Waals surface area contributed by atoms with Crippen molar-refractivity contribution in [1.29, 1.82) is 0 Å². The number of hydrogen-bond donors (Lipinski definition) is 0. The Morgan fingerprint density at radius 1 is 1.27 bits per heavy atom. The zero-order valence-electron chi connectivity index (χ0n) is 6.87. The summed E-state index contributed by atoms with van der Waals surface area (Å²) in [7, 11) is 0. The van der Waals surface area contributed by atoms with Gasteiger partial charge in [-0.1, -0.05) is 30.4 Å². The van der Waals surface area contributed by atoms with Gasteiger partial charge in [0.15, 0.2) is 0 Å². The molecule has 1 rings (SSSR count). The summed E-state index contributed by atoms with van der Waals surface area (Å²) in [5.41, 5.74) is 1.31. The summed E-state index contributed by atoms with van der Waals surface area (Å²) in [6.07, 6.45) is 6.29. The van der Waals surface area contributed by atoms with Gasteiger partial charge in [-0.3, -0.25) is 0 Å². The third-order valence-corrected chi connectivity index (χ3v) is 2.30. The first-order valence-corrected chi connectivity index (χ1v) is 4.86. The number of thioether (sulfide) groups is 1. The Labute approximate surface area is 72.3 Å². The van der Waals surface area contributed by atoms with Crippen molar-refractivity contribution in [1.82, 2.24) is 0 Å². The fraction of sp³-hybridized carbons (Fsp3) is 0.200. The fourth-order valence-corrected chi connectivity index (χ4v) is 1.57. The van der Waals surface area contributed by atoms with E-state index < -0.39 is 0 Å². The van der Waals surface area contributed by atoms with E-state index in [1.807, 2.05) is 6.92 Å². The van der Waals surface area contributed by atoms with Crippen LogP contribution in [0.25, 0.3) is 6.08 Å². The van der Waals surface area contributed by atoms with Crippen LogP contribution in [0.4, 0.5) is 0 Å². The summed E-state index contributed by atoms with van der Waals surface area (Å²) in [5, 5.41) is 0. The molecule has 1 aromatic carbocycles. The molecule has 0 N–H and O–H groups in total. The highest BCUT2D eigenvalue weighted by molar-refractivity contribution is 7.98. The lowest BCUT2D eigenvalue weighted by Crippen LogP contribution is -1.75. The fourth-order valence-electron chi connectivity index (χ4n) is 0.984. The van der Waals surface area contributed by atoms with Gasteiger partial charge in [-0.2, -0.15) is 0 Å². The van der Waals surface area contributed by atoms with E-state index in [4.69, 9.17) is 0 Å². The molecular formula is C10H12S. The minimum atomic E-state index is 1.31. The number of hydrogen-bond acceptors (Lipinski definition) is 1. The topological polar surface area (TPSA) is 0 Å². The summed E-state index contributed by atoms with van der Waals surface area (Å²) >= 11 is 1.78. The lowest BCUT2D eigenvalue weighted by molar-refractivity contribution is 1.42. The van der Waals surface area contributed by atoms with Gasteiger partial charge < -0.3 is 0 Å². The van der Waals surface area contributed by atoms with Crippen molar-refractivity contribution in [2.75, 3.05) is 6.26 Å². The van der Waals surface area contributed by atoms with Gasteiger partial charge >= 0.3 is 0 Å².